The van der Waals surface area contributed by atoms with Gasteiger partial charge in [0.2, 0.25) is 0 Å². The lowest BCUT2D eigenvalue weighted by atomic mass is 10.1. The van der Waals surface area contributed by atoms with Gasteiger partial charge in [0.1, 0.15) is 5.75 Å². The van der Waals surface area contributed by atoms with Crippen LogP contribution in [0.1, 0.15) is 25.0 Å². The third-order valence-electron chi connectivity index (χ3n) is 1.77. The fourth-order valence-electron chi connectivity index (χ4n) is 1.19. The van der Waals surface area contributed by atoms with Crippen LogP contribution in [0.25, 0.3) is 0 Å². The Kier molecular flexibility index (Phi) is 3.48. The molecule has 0 radical (unpaired) electrons. The Morgan fingerprint density at radius 3 is 2.31 bits per heavy atom. The number of hydrogen-bond donors (Lipinski definition) is 0. The molecule has 0 heterocycles. The monoisotopic (exact) mass is 228 g/mol. The van der Waals surface area contributed by atoms with Gasteiger partial charge in [-0.05, 0) is 32.0 Å². The quantitative estimate of drug-likeness (QED) is 0.704. The number of halogens is 3. The molecule has 1 rings (SSSR count). The highest BCUT2D eigenvalue weighted by atomic mass is 19.4. The standard InChI is InChI=1S/C12H11F3O/c1-4-9-5-10(12(13,14)15)7-11(6-9)16-8(2)3/h1,5-8H,2-3H3. The van der Waals surface area contributed by atoms with Crippen LogP contribution in [-0.4, -0.2) is 6.10 Å². The Labute approximate surface area is 92.2 Å². The predicted octanol–water partition coefficient (Wildman–Crippen LogP) is 3.47. The molecule has 1 aromatic carbocycles. The molecular weight excluding hydrogens is 217 g/mol. The molecule has 16 heavy (non-hydrogen) atoms. The number of rotatable bonds is 2. The van der Waals surface area contributed by atoms with Crippen molar-refractivity contribution in [1.29, 1.82) is 0 Å². The SMILES string of the molecule is C#Cc1cc(OC(C)C)cc(C(F)(F)F)c1. The first-order valence-corrected chi connectivity index (χ1v) is 4.68. The third-order valence-corrected chi connectivity index (χ3v) is 1.77. The molecule has 1 nitrogen and oxygen atoms in total. The fraction of sp³-hybridized carbons (Fsp3) is 0.333. The highest BCUT2D eigenvalue weighted by molar-refractivity contribution is 5.43. The lowest BCUT2D eigenvalue weighted by molar-refractivity contribution is -0.137. The minimum Gasteiger partial charge on any atom is -0.491 e. The van der Waals surface area contributed by atoms with E-state index in [2.05, 4.69) is 5.92 Å². The Balaban J connectivity index is 3.17. The highest BCUT2D eigenvalue weighted by Crippen LogP contribution is 2.32. The molecule has 0 atom stereocenters. The Hall–Kier alpha value is -1.63. The summed E-state index contributed by atoms with van der Waals surface area (Å²) in [7, 11) is 0. The van der Waals surface area contributed by atoms with Crippen molar-refractivity contribution in [2.24, 2.45) is 0 Å². The summed E-state index contributed by atoms with van der Waals surface area (Å²) >= 11 is 0. The second-order valence-electron chi connectivity index (χ2n) is 3.55. The maximum atomic E-state index is 12.5. The van der Waals surface area contributed by atoms with Gasteiger partial charge in [-0.2, -0.15) is 13.2 Å². The molecule has 0 saturated heterocycles. The van der Waals surface area contributed by atoms with E-state index in [9.17, 15) is 13.2 Å². The van der Waals surface area contributed by atoms with Crippen molar-refractivity contribution in [3.05, 3.63) is 29.3 Å². The van der Waals surface area contributed by atoms with E-state index < -0.39 is 11.7 Å². The van der Waals surface area contributed by atoms with E-state index in [1.165, 1.54) is 6.07 Å². The molecule has 0 unspecified atom stereocenters. The third kappa shape index (κ3) is 3.20. The normalized spacial score (nSPS) is 11.3. The first kappa shape index (κ1) is 12.4. The summed E-state index contributed by atoms with van der Waals surface area (Å²) in [5.41, 5.74) is -0.635. The van der Waals surface area contributed by atoms with E-state index in [0.717, 1.165) is 12.1 Å². The zero-order chi connectivity index (χ0) is 12.3. The van der Waals surface area contributed by atoms with Crippen molar-refractivity contribution in [2.45, 2.75) is 26.1 Å². The van der Waals surface area contributed by atoms with Crippen LogP contribution in [0, 0.1) is 12.3 Å². The van der Waals surface area contributed by atoms with Gasteiger partial charge in [0.25, 0.3) is 0 Å². The second-order valence-corrected chi connectivity index (χ2v) is 3.55. The van der Waals surface area contributed by atoms with Crippen molar-refractivity contribution in [2.75, 3.05) is 0 Å². The lowest BCUT2D eigenvalue weighted by Crippen LogP contribution is -2.09. The first-order chi connectivity index (χ1) is 7.32. The van der Waals surface area contributed by atoms with Gasteiger partial charge < -0.3 is 4.74 Å². The summed E-state index contributed by atoms with van der Waals surface area (Å²) in [6.45, 7) is 3.46. The first-order valence-electron chi connectivity index (χ1n) is 4.68. The lowest BCUT2D eigenvalue weighted by Gasteiger charge is -2.13. The maximum absolute atomic E-state index is 12.5. The van der Waals surface area contributed by atoms with Gasteiger partial charge >= 0.3 is 6.18 Å². The Morgan fingerprint density at radius 2 is 1.88 bits per heavy atom. The Morgan fingerprint density at radius 1 is 1.25 bits per heavy atom. The van der Waals surface area contributed by atoms with Gasteiger partial charge in [-0.15, -0.1) is 6.42 Å². The molecule has 0 spiro atoms. The van der Waals surface area contributed by atoms with Gasteiger partial charge in [-0.3, -0.25) is 0 Å². The van der Waals surface area contributed by atoms with Crippen molar-refractivity contribution >= 4 is 0 Å². The topological polar surface area (TPSA) is 9.23 Å². The zero-order valence-electron chi connectivity index (χ0n) is 8.93. The number of hydrogen-bond acceptors (Lipinski definition) is 1. The summed E-state index contributed by atoms with van der Waals surface area (Å²) in [4.78, 5) is 0. The molecule has 0 N–H and O–H groups in total. The van der Waals surface area contributed by atoms with Crippen molar-refractivity contribution in [1.82, 2.24) is 0 Å². The average Bonchev–Trinajstić information content (AvgIpc) is 2.14. The van der Waals surface area contributed by atoms with E-state index in [0.29, 0.717) is 0 Å². The van der Waals surface area contributed by atoms with Crippen LogP contribution in [0.15, 0.2) is 18.2 Å². The van der Waals surface area contributed by atoms with Crippen LogP contribution >= 0.6 is 0 Å². The van der Waals surface area contributed by atoms with Crippen LogP contribution < -0.4 is 4.74 Å². The van der Waals surface area contributed by atoms with Crippen LogP contribution in [0.4, 0.5) is 13.2 Å². The van der Waals surface area contributed by atoms with Gasteiger partial charge in [-0.1, -0.05) is 5.92 Å². The predicted molar refractivity (Wildman–Crippen MR) is 55.1 cm³/mol. The van der Waals surface area contributed by atoms with E-state index in [-0.39, 0.29) is 17.4 Å². The molecule has 0 aliphatic rings. The molecule has 4 heteroatoms. The van der Waals surface area contributed by atoms with Crippen molar-refractivity contribution in [3.63, 3.8) is 0 Å². The summed E-state index contributed by atoms with van der Waals surface area (Å²) in [5, 5.41) is 0. The van der Waals surface area contributed by atoms with Gasteiger partial charge in [0.15, 0.2) is 0 Å². The van der Waals surface area contributed by atoms with E-state index in [1.807, 2.05) is 0 Å². The maximum Gasteiger partial charge on any atom is 0.416 e. The highest BCUT2D eigenvalue weighted by Gasteiger charge is 2.31. The van der Waals surface area contributed by atoms with Crippen LogP contribution in [0.5, 0.6) is 5.75 Å². The van der Waals surface area contributed by atoms with E-state index in [4.69, 9.17) is 11.2 Å². The molecule has 1 aromatic rings. The van der Waals surface area contributed by atoms with Crippen molar-refractivity contribution < 1.29 is 17.9 Å². The second kappa shape index (κ2) is 4.48. The molecule has 0 aliphatic heterocycles. The van der Waals surface area contributed by atoms with Crippen LogP contribution in [-0.2, 0) is 6.18 Å². The van der Waals surface area contributed by atoms with Crippen LogP contribution in [0.3, 0.4) is 0 Å². The van der Waals surface area contributed by atoms with Gasteiger partial charge in [0, 0.05) is 5.56 Å². The molecule has 0 amide bonds. The average molecular weight is 228 g/mol. The van der Waals surface area contributed by atoms with E-state index in [1.54, 1.807) is 13.8 Å². The number of terminal acetylenes is 1. The van der Waals surface area contributed by atoms with Gasteiger partial charge in [0.05, 0.1) is 11.7 Å². The molecule has 86 valence electrons. The number of benzene rings is 1. The smallest absolute Gasteiger partial charge is 0.416 e. The molecule has 0 saturated carbocycles. The zero-order valence-corrected chi connectivity index (χ0v) is 8.93. The summed E-state index contributed by atoms with van der Waals surface area (Å²) in [6, 6.07) is 3.28. The Bertz CT molecular complexity index is 413. The largest absolute Gasteiger partial charge is 0.491 e. The molecule has 0 fully saturated rings. The fourth-order valence-corrected chi connectivity index (χ4v) is 1.19. The van der Waals surface area contributed by atoms with Gasteiger partial charge in [-0.25, -0.2) is 0 Å². The molecule has 0 aliphatic carbocycles. The summed E-state index contributed by atoms with van der Waals surface area (Å²) in [5.74, 6) is 2.31. The van der Waals surface area contributed by atoms with Crippen molar-refractivity contribution in [3.8, 4) is 18.1 Å². The molecule has 0 aromatic heterocycles. The minimum atomic E-state index is -4.41. The summed E-state index contributed by atoms with van der Waals surface area (Å²) in [6.07, 6.45) is 0.474. The summed E-state index contributed by atoms with van der Waals surface area (Å²) < 4.78 is 42.7. The molecule has 0 bridgehead atoms. The number of ether oxygens (including phenoxy) is 1. The van der Waals surface area contributed by atoms with Crippen LogP contribution in [0.2, 0.25) is 0 Å². The minimum absolute atomic E-state index is 0.137. The number of alkyl halides is 3. The molecular formula is C12H11F3O. The van der Waals surface area contributed by atoms with E-state index >= 15 is 0 Å².